The van der Waals surface area contributed by atoms with Crippen LogP contribution >= 0.6 is 0 Å². The molecule has 2 N–H and O–H groups in total. The van der Waals surface area contributed by atoms with Gasteiger partial charge in [-0.3, -0.25) is 14.0 Å². The van der Waals surface area contributed by atoms with Crippen LogP contribution in [-0.2, 0) is 12.7 Å². The Morgan fingerprint density at radius 1 is 1.21 bits per heavy atom. The maximum absolute atomic E-state index is 12.8. The van der Waals surface area contributed by atoms with E-state index >= 15 is 0 Å². The smallest absolute Gasteiger partial charge is 0.343 e. The second kappa shape index (κ2) is 5.76. The molecule has 124 valence electrons. The lowest BCUT2D eigenvalue weighted by molar-refractivity contribution is -0.137. The molecule has 0 aromatic carbocycles. The van der Waals surface area contributed by atoms with Crippen LogP contribution in [0.25, 0.3) is 5.65 Å². The molecule has 0 bridgehead atoms. The molecular weight excluding hydrogens is 329 g/mol. The van der Waals surface area contributed by atoms with E-state index in [1.165, 1.54) is 12.1 Å². The molecule has 0 unspecified atom stereocenters. The van der Waals surface area contributed by atoms with Crippen LogP contribution in [0.15, 0.2) is 35.3 Å². The topological polar surface area (TPSA) is 105 Å². The summed E-state index contributed by atoms with van der Waals surface area (Å²) in [5, 5.41) is 15.6. The number of halogens is 3. The first-order valence-electron chi connectivity index (χ1n) is 6.59. The molecule has 0 spiro atoms. The van der Waals surface area contributed by atoms with Crippen LogP contribution in [0.1, 0.15) is 21.9 Å². The largest absolute Gasteiger partial charge is 0.417 e. The third-order valence-electron chi connectivity index (χ3n) is 3.12. The highest BCUT2D eigenvalue weighted by atomic mass is 19.4. The van der Waals surface area contributed by atoms with Gasteiger partial charge in [-0.15, -0.1) is 10.2 Å². The summed E-state index contributed by atoms with van der Waals surface area (Å²) in [5.74, 6) is -0.496. The predicted molar refractivity (Wildman–Crippen MR) is 74.0 cm³/mol. The molecule has 3 rings (SSSR count). The van der Waals surface area contributed by atoms with Gasteiger partial charge in [-0.1, -0.05) is 0 Å². The van der Waals surface area contributed by atoms with E-state index in [9.17, 15) is 22.8 Å². The van der Waals surface area contributed by atoms with E-state index in [0.717, 1.165) is 22.7 Å². The van der Waals surface area contributed by atoms with E-state index in [1.807, 2.05) is 0 Å². The Morgan fingerprint density at radius 3 is 2.67 bits per heavy atom. The Kier molecular flexibility index (Phi) is 3.75. The number of fused-ring (bicyclic) bond motifs is 1. The zero-order valence-electron chi connectivity index (χ0n) is 11.8. The van der Waals surface area contributed by atoms with Gasteiger partial charge in [0.15, 0.2) is 11.5 Å². The second-order valence-corrected chi connectivity index (χ2v) is 4.75. The number of rotatable bonds is 3. The average Bonchev–Trinajstić information content (AvgIpc) is 2.95. The fourth-order valence-electron chi connectivity index (χ4n) is 1.95. The second-order valence-electron chi connectivity index (χ2n) is 4.75. The number of carbonyl (C=O) groups excluding carboxylic acids is 1. The maximum atomic E-state index is 12.8. The molecule has 0 atom stereocenters. The summed E-state index contributed by atoms with van der Waals surface area (Å²) in [4.78, 5) is 22.8. The molecule has 0 saturated carbocycles. The average molecular weight is 338 g/mol. The van der Waals surface area contributed by atoms with Crippen LogP contribution < -0.4 is 10.9 Å². The van der Waals surface area contributed by atoms with Gasteiger partial charge in [0.25, 0.3) is 11.5 Å². The zero-order chi connectivity index (χ0) is 17.3. The normalized spacial score (nSPS) is 11.6. The summed E-state index contributed by atoms with van der Waals surface area (Å²) >= 11 is 0. The van der Waals surface area contributed by atoms with Crippen molar-refractivity contribution < 1.29 is 18.0 Å². The lowest BCUT2D eigenvalue weighted by Gasteiger charge is -2.08. The highest BCUT2D eigenvalue weighted by Gasteiger charge is 2.31. The number of alkyl halides is 3. The van der Waals surface area contributed by atoms with E-state index in [0.29, 0.717) is 0 Å². The molecule has 0 aliphatic carbocycles. The monoisotopic (exact) mass is 338 g/mol. The van der Waals surface area contributed by atoms with Crippen molar-refractivity contribution in [1.82, 2.24) is 30.1 Å². The number of nitrogens with zero attached hydrogens (tertiary/aromatic N) is 4. The fourth-order valence-corrected chi connectivity index (χ4v) is 1.95. The van der Waals surface area contributed by atoms with E-state index in [-0.39, 0.29) is 23.7 Å². The van der Waals surface area contributed by atoms with E-state index in [1.54, 1.807) is 0 Å². The number of H-pyrrole nitrogens is 1. The number of aromatic nitrogens is 5. The molecule has 11 heteroatoms. The number of pyridine rings is 1. The van der Waals surface area contributed by atoms with Gasteiger partial charge in [0.1, 0.15) is 5.69 Å². The molecule has 3 aromatic rings. The number of carbonyl (C=O) groups is 1. The standard InChI is InChI=1S/C13H9F3N6O2/c14-13(15,16)7-1-3-9-19-20-10(22(9)6-7)5-17-12(24)8-2-4-11(23)21-18-8/h1-4,6H,5H2,(H,17,24)(H,21,23). The lowest BCUT2D eigenvalue weighted by Crippen LogP contribution is -2.26. The quantitative estimate of drug-likeness (QED) is 0.734. The third kappa shape index (κ3) is 3.09. The minimum absolute atomic E-state index is 0.0422. The minimum Gasteiger partial charge on any atom is -0.343 e. The highest BCUT2D eigenvalue weighted by molar-refractivity contribution is 5.91. The van der Waals surface area contributed by atoms with Crippen LogP contribution in [0, 0.1) is 0 Å². The van der Waals surface area contributed by atoms with Crippen molar-refractivity contribution in [1.29, 1.82) is 0 Å². The first-order chi connectivity index (χ1) is 11.3. The van der Waals surface area contributed by atoms with Crippen LogP contribution in [0.3, 0.4) is 0 Å². The molecular formula is C13H9F3N6O2. The number of amides is 1. The molecule has 0 aliphatic heterocycles. The Morgan fingerprint density at radius 2 is 2.00 bits per heavy atom. The van der Waals surface area contributed by atoms with Gasteiger partial charge in [-0.05, 0) is 18.2 Å². The van der Waals surface area contributed by atoms with Gasteiger partial charge in [0.2, 0.25) is 0 Å². The van der Waals surface area contributed by atoms with E-state index < -0.39 is 23.2 Å². The predicted octanol–water partition coefficient (Wildman–Crippen LogP) is 0.761. The molecule has 0 radical (unpaired) electrons. The van der Waals surface area contributed by atoms with Crippen molar-refractivity contribution in [3.8, 4) is 0 Å². The number of hydrogen-bond donors (Lipinski definition) is 2. The van der Waals surface area contributed by atoms with Crippen LogP contribution in [-0.4, -0.2) is 30.7 Å². The fraction of sp³-hybridized carbons (Fsp3) is 0.154. The van der Waals surface area contributed by atoms with Gasteiger partial charge < -0.3 is 5.32 Å². The Hall–Kier alpha value is -3.24. The zero-order valence-corrected chi connectivity index (χ0v) is 11.8. The van der Waals surface area contributed by atoms with Crippen LogP contribution in [0.4, 0.5) is 13.2 Å². The first-order valence-corrected chi connectivity index (χ1v) is 6.59. The summed E-state index contributed by atoms with van der Waals surface area (Å²) in [7, 11) is 0. The van der Waals surface area contributed by atoms with Crippen molar-refractivity contribution >= 4 is 11.6 Å². The number of aromatic amines is 1. The van der Waals surface area contributed by atoms with E-state index in [2.05, 4.69) is 25.7 Å². The summed E-state index contributed by atoms with van der Waals surface area (Å²) < 4.78 is 39.4. The number of nitrogens with one attached hydrogen (secondary N) is 2. The molecule has 0 fully saturated rings. The van der Waals surface area contributed by atoms with Crippen molar-refractivity contribution in [2.75, 3.05) is 0 Å². The minimum atomic E-state index is -4.50. The summed E-state index contributed by atoms with van der Waals surface area (Å²) in [6.07, 6.45) is -3.64. The van der Waals surface area contributed by atoms with Crippen LogP contribution in [0.5, 0.6) is 0 Å². The van der Waals surface area contributed by atoms with Crippen molar-refractivity contribution in [3.63, 3.8) is 0 Å². The van der Waals surface area contributed by atoms with Crippen molar-refractivity contribution in [2.24, 2.45) is 0 Å². The SMILES string of the molecule is O=C(NCc1nnc2ccc(C(F)(F)F)cn12)c1ccc(=O)[nH]n1. The summed E-state index contributed by atoms with van der Waals surface area (Å²) in [5.41, 5.74) is -1.15. The maximum Gasteiger partial charge on any atom is 0.417 e. The Balaban J connectivity index is 1.81. The van der Waals surface area contributed by atoms with Gasteiger partial charge in [0.05, 0.1) is 12.1 Å². The molecule has 8 nitrogen and oxygen atoms in total. The molecule has 3 aromatic heterocycles. The summed E-state index contributed by atoms with van der Waals surface area (Å²) in [6, 6.07) is 4.43. The van der Waals surface area contributed by atoms with Gasteiger partial charge in [0, 0.05) is 12.3 Å². The number of hydrogen-bond acceptors (Lipinski definition) is 5. The highest BCUT2D eigenvalue weighted by Crippen LogP contribution is 2.29. The molecule has 1 amide bonds. The Bertz CT molecular complexity index is 942. The molecule has 0 saturated heterocycles. The third-order valence-corrected chi connectivity index (χ3v) is 3.12. The van der Waals surface area contributed by atoms with Crippen molar-refractivity contribution in [2.45, 2.75) is 12.7 Å². The van der Waals surface area contributed by atoms with Crippen LogP contribution in [0.2, 0.25) is 0 Å². The Labute approximate surface area is 131 Å². The molecule has 24 heavy (non-hydrogen) atoms. The van der Waals surface area contributed by atoms with E-state index in [4.69, 9.17) is 0 Å². The first kappa shape index (κ1) is 15.6. The lowest BCUT2D eigenvalue weighted by atomic mass is 10.3. The summed E-state index contributed by atoms with van der Waals surface area (Å²) in [6.45, 7) is -0.165. The molecule has 0 aliphatic rings. The van der Waals surface area contributed by atoms with Gasteiger partial charge >= 0.3 is 6.18 Å². The van der Waals surface area contributed by atoms with Crippen molar-refractivity contribution in [3.05, 3.63) is 57.9 Å². The van der Waals surface area contributed by atoms with Gasteiger partial charge in [-0.25, -0.2) is 5.10 Å². The molecule has 3 heterocycles. The van der Waals surface area contributed by atoms with Gasteiger partial charge in [-0.2, -0.15) is 18.3 Å².